The molecule has 0 amide bonds. The van der Waals surface area contributed by atoms with Gasteiger partial charge in [0.25, 0.3) is 0 Å². The topological polar surface area (TPSA) is 54.5 Å². The van der Waals surface area contributed by atoms with Crippen LogP contribution in [0.4, 0.5) is 8.78 Å². The normalized spacial score (nSPS) is 19.9. The van der Waals surface area contributed by atoms with Gasteiger partial charge in [0.05, 0.1) is 10.5 Å². The number of aromatic nitrogens is 4. The summed E-state index contributed by atoms with van der Waals surface area (Å²) in [6.45, 7) is 2.17. The summed E-state index contributed by atoms with van der Waals surface area (Å²) in [5.74, 6) is 1.85. The van der Waals surface area contributed by atoms with Crippen molar-refractivity contribution in [1.29, 1.82) is 0 Å². The van der Waals surface area contributed by atoms with Gasteiger partial charge in [-0.05, 0) is 85.5 Å². The van der Waals surface area contributed by atoms with Crippen molar-refractivity contribution in [2.45, 2.75) is 44.4 Å². The molecule has 0 aliphatic heterocycles. The summed E-state index contributed by atoms with van der Waals surface area (Å²) in [5, 5.41) is 9.59. The highest BCUT2D eigenvalue weighted by Crippen LogP contribution is 2.42. The molecule has 4 aromatic rings. The third kappa shape index (κ3) is 3.99. The molecule has 7 heteroatoms. The molecule has 0 spiro atoms. The van der Waals surface area contributed by atoms with Gasteiger partial charge in [0.15, 0.2) is 5.82 Å². The van der Waals surface area contributed by atoms with Crippen molar-refractivity contribution in [3.05, 3.63) is 76.7 Å². The first-order valence-corrected chi connectivity index (χ1v) is 11.3. The van der Waals surface area contributed by atoms with Crippen LogP contribution >= 0.6 is 11.6 Å². The lowest BCUT2D eigenvalue weighted by Crippen LogP contribution is -2.19. The molecule has 1 aliphatic rings. The molecule has 164 valence electrons. The fraction of sp³-hybridized carbons (Fsp3) is 0.320. The standard InChI is InChI=1S/C25H23ClF2N4/c1-14(24-30-25(32-31-24)17-6-8-22(28)21(26)12-17)15-2-4-16(5-3-15)19-10-11-29-23-9-7-18(27)13-20(19)23/h6-16H,2-5H2,1H3,(H,30,31,32)/t14-,15?,16?/m0/s1. The molecule has 32 heavy (non-hydrogen) atoms. The Balaban J connectivity index is 1.29. The van der Waals surface area contributed by atoms with Crippen molar-refractivity contribution in [1.82, 2.24) is 20.2 Å². The molecule has 0 unspecified atom stereocenters. The number of benzene rings is 2. The number of hydrogen-bond acceptors (Lipinski definition) is 3. The lowest BCUT2D eigenvalue weighted by molar-refractivity contribution is 0.286. The Hall–Kier alpha value is -2.86. The fourth-order valence-corrected chi connectivity index (χ4v) is 5.08. The van der Waals surface area contributed by atoms with E-state index in [2.05, 4.69) is 27.1 Å². The average Bonchev–Trinajstić information content (AvgIpc) is 3.30. The molecule has 0 bridgehead atoms. The zero-order valence-electron chi connectivity index (χ0n) is 17.7. The van der Waals surface area contributed by atoms with E-state index < -0.39 is 5.82 Å². The van der Waals surface area contributed by atoms with Crippen molar-refractivity contribution in [3.8, 4) is 11.4 Å². The third-order valence-corrected chi connectivity index (χ3v) is 7.07. The maximum absolute atomic E-state index is 13.8. The first kappa shape index (κ1) is 21.0. The van der Waals surface area contributed by atoms with Gasteiger partial charge in [-0.2, -0.15) is 0 Å². The van der Waals surface area contributed by atoms with Crippen molar-refractivity contribution in [2.75, 3.05) is 0 Å². The Morgan fingerprint density at radius 2 is 1.81 bits per heavy atom. The Morgan fingerprint density at radius 1 is 1.00 bits per heavy atom. The van der Waals surface area contributed by atoms with Crippen LogP contribution in [0.25, 0.3) is 22.3 Å². The van der Waals surface area contributed by atoms with Crippen LogP contribution in [0.2, 0.25) is 5.02 Å². The summed E-state index contributed by atoms with van der Waals surface area (Å²) in [6.07, 6.45) is 6.02. The second-order valence-corrected chi connectivity index (χ2v) is 9.06. The first-order chi connectivity index (χ1) is 15.5. The quantitative estimate of drug-likeness (QED) is 0.361. The molecule has 2 aromatic carbocycles. The SMILES string of the molecule is C[C@H](c1nnc(-c2ccc(F)c(Cl)c2)[nH]1)C1CCC(c2ccnc3ccc(F)cc23)CC1. The minimum atomic E-state index is -0.454. The smallest absolute Gasteiger partial charge is 0.161 e. The van der Waals surface area contributed by atoms with Gasteiger partial charge in [-0.3, -0.25) is 4.98 Å². The summed E-state index contributed by atoms with van der Waals surface area (Å²) < 4.78 is 27.3. The molecule has 4 nitrogen and oxygen atoms in total. The molecule has 1 fully saturated rings. The highest BCUT2D eigenvalue weighted by atomic mass is 35.5. The van der Waals surface area contributed by atoms with Crippen molar-refractivity contribution in [2.24, 2.45) is 5.92 Å². The largest absolute Gasteiger partial charge is 0.325 e. The second kappa shape index (κ2) is 8.58. The number of nitrogens with zero attached hydrogens (tertiary/aromatic N) is 3. The van der Waals surface area contributed by atoms with Crippen LogP contribution in [0.1, 0.15) is 55.8 Å². The number of H-pyrrole nitrogens is 1. The van der Waals surface area contributed by atoms with Crippen molar-refractivity contribution < 1.29 is 8.78 Å². The van der Waals surface area contributed by atoms with E-state index in [-0.39, 0.29) is 16.8 Å². The van der Waals surface area contributed by atoms with E-state index in [0.29, 0.717) is 23.2 Å². The fourth-order valence-electron chi connectivity index (χ4n) is 4.90. The number of halogens is 3. The van der Waals surface area contributed by atoms with Gasteiger partial charge in [-0.25, -0.2) is 8.78 Å². The lowest BCUT2D eigenvalue weighted by Gasteiger charge is -2.32. The van der Waals surface area contributed by atoms with Crippen LogP contribution in [-0.2, 0) is 0 Å². The van der Waals surface area contributed by atoms with Crippen LogP contribution in [0.15, 0.2) is 48.7 Å². The van der Waals surface area contributed by atoms with Gasteiger partial charge in [0.2, 0.25) is 0 Å². The number of pyridine rings is 1. The van der Waals surface area contributed by atoms with E-state index in [1.165, 1.54) is 17.7 Å². The maximum Gasteiger partial charge on any atom is 0.161 e. The monoisotopic (exact) mass is 452 g/mol. The van der Waals surface area contributed by atoms with Gasteiger partial charge in [0.1, 0.15) is 17.5 Å². The molecular formula is C25H23ClF2N4. The molecular weight excluding hydrogens is 430 g/mol. The summed E-state index contributed by atoms with van der Waals surface area (Å²) in [6, 6.07) is 11.4. The van der Waals surface area contributed by atoms with Crippen molar-refractivity contribution >= 4 is 22.5 Å². The van der Waals surface area contributed by atoms with E-state index in [1.807, 2.05) is 12.3 Å². The van der Waals surface area contributed by atoms with E-state index in [9.17, 15) is 8.78 Å². The molecule has 0 radical (unpaired) electrons. The Bertz CT molecular complexity index is 1260. The number of nitrogens with one attached hydrogen (secondary N) is 1. The first-order valence-electron chi connectivity index (χ1n) is 10.9. The van der Waals surface area contributed by atoms with Crippen LogP contribution in [0.5, 0.6) is 0 Å². The van der Waals surface area contributed by atoms with E-state index in [0.717, 1.165) is 42.4 Å². The Morgan fingerprint density at radius 3 is 2.59 bits per heavy atom. The Labute approximate surface area is 190 Å². The minimum absolute atomic E-state index is 0.0651. The summed E-state index contributed by atoms with van der Waals surface area (Å²) in [4.78, 5) is 7.68. The van der Waals surface area contributed by atoms with Gasteiger partial charge in [-0.1, -0.05) is 18.5 Å². The zero-order chi connectivity index (χ0) is 22.2. The van der Waals surface area contributed by atoms with Gasteiger partial charge < -0.3 is 4.98 Å². The van der Waals surface area contributed by atoms with Crippen LogP contribution < -0.4 is 0 Å². The Kier molecular flexibility index (Phi) is 5.64. The van der Waals surface area contributed by atoms with E-state index in [1.54, 1.807) is 24.3 Å². The van der Waals surface area contributed by atoms with Crippen LogP contribution in [-0.4, -0.2) is 20.2 Å². The summed E-state index contributed by atoms with van der Waals surface area (Å²) >= 11 is 5.90. The van der Waals surface area contributed by atoms with Gasteiger partial charge in [0, 0.05) is 23.1 Å². The highest BCUT2D eigenvalue weighted by Gasteiger charge is 2.29. The predicted octanol–water partition coefficient (Wildman–Crippen LogP) is 7.03. The third-order valence-electron chi connectivity index (χ3n) is 6.78. The molecule has 2 aromatic heterocycles. The molecule has 1 saturated carbocycles. The molecule has 5 rings (SSSR count). The molecule has 1 atom stereocenters. The predicted molar refractivity (Wildman–Crippen MR) is 122 cm³/mol. The van der Waals surface area contributed by atoms with Gasteiger partial charge >= 0.3 is 0 Å². The van der Waals surface area contributed by atoms with Crippen LogP contribution in [0.3, 0.4) is 0 Å². The van der Waals surface area contributed by atoms with E-state index in [4.69, 9.17) is 11.6 Å². The van der Waals surface area contributed by atoms with Crippen molar-refractivity contribution in [3.63, 3.8) is 0 Å². The van der Waals surface area contributed by atoms with E-state index >= 15 is 0 Å². The lowest BCUT2D eigenvalue weighted by atomic mass is 9.73. The summed E-state index contributed by atoms with van der Waals surface area (Å²) in [7, 11) is 0. The molecule has 1 N–H and O–H groups in total. The van der Waals surface area contributed by atoms with Gasteiger partial charge in [-0.15, -0.1) is 10.2 Å². The number of rotatable bonds is 4. The average molecular weight is 453 g/mol. The maximum atomic E-state index is 13.8. The second-order valence-electron chi connectivity index (χ2n) is 8.65. The zero-order valence-corrected chi connectivity index (χ0v) is 18.4. The number of fused-ring (bicyclic) bond motifs is 1. The highest BCUT2D eigenvalue weighted by molar-refractivity contribution is 6.31. The number of hydrogen-bond donors (Lipinski definition) is 1. The number of aromatic amines is 1. The van der Waals surface area contributed by atoms with Crippen LogP contribution in [0, 0.1) is 17.6 Å². The molecule has 1 aliphatic carbocycles. The summed E-state index contributed by atoms with van der Waals surface area (Å²) in [5.41, 5.74) is 2.74. The molecule has 2 heterocycles. The minimum Gasteiger partial charge on any atom is -0.325 e. The molecule has 0 saturated heterocycles.